The van der Waals surface area contributed by atoms with Gasteiger partial charge in [0.1, 0.15) is 10.0 Å². The van der Waals surface area contributed by atoms with Crippen LogP contribution in [0.2, 0.25) is 0 Å². The lowest BCUT2D eigenvalue weighted by Gasteiger charge is -2.35. The molecule has 0 saturated carbocycles. The molecule has 2 aromatic rings. The molecule has 27 heavy (non-hydrogen) atoms. The van der Waals surface area contributed by atoms with E-state index in [1.165, 1.54) is 35.6 Å². The first kappa shape index (κ1) is 19.9. The zero-order chi connectivity index (χ0) is 19.4. The van der Waals surface area contributed by atoms with Gasteiger partial charge in [-0.25, -0.2) is 17.5 Å². The van der Waals surface area contributed by atoms with Gasteiger partial charge < -0.3 is 5.32 Å². The summed E-state index contributed by atoms with van der Waals surface area (Å²) >= 11 is 1.19. The standard InChI is InChI=1S/C18H22FN3O3S2/c1-13(18(23)20-15-6-4-14(19)5-7-15)22-10-8-16(9-11-22)21-27(24,25)17-3-2-12-26-17/h2-7,12-13,16,21H,8-11H2,1H3,(H,20,23). The SMILES string of the molecule is CC(C(=O)Nc1ccc(F)cc1)N1CCC(NS(=O)(=O)c2cccs2)CC1. The number of hydrogen-bond acceptors (Lipinski definition) is 5. The van der Waals surface area contributed by atoms with Gasteiger partial charge in [-0.05, 0) is 55.5 Å². The summed E-state index contributed by atoms with van der Waals surface area (Å²) < 4.78 is 40.6. The molecule has 0 radical (unpaired) electrons. The van der Waals surface area contributed by atoms with E-state index in [1.54, 1.807) is 17.5 Å². The third-order valence-electron chi connectivity index (χ3n) is 4.65. The second-order valence-corrected chi connectivity index (χ2v) is 9.42. The number of sulfonamides is 1. The molecule has 2 N–H and O–H groups in total. The highest BCUT2D eigenvalue weighted by Gasteiger charge is 2.29. The lowest BCUT2D eigenvalue weighted by Crippen LogP contribution is -2.50. The summed E-state index contributed by atoms with van der Waals surface area (Å²) in [7, 11) is -3.47. The minimum Gasteiger partial charge on any atom is -0.325 e. The Labute approximate surface area is 162 Å². The van der Waals surface area contributed by atoms with Crippen LogP contribution in [0.25, 0.3) is 0 Å². The first-order valence-electron chi connectivity index (χ1n) is 8.71. The fourth-order valence-electron chi connectivity index (χ4n) is 3.04. The van der Waals surface area contributed by atoms with E-state index < -0.39 is 10.0 Å². The summed E-state index contributed by atoms with van der Waals surface area (Å²) in [4.78, 5) is 14.4. The van der Waals surface area contributed by atoms with Crippen LogP contribution < -0.4 is 10.0 Å². The Morgan fingerprint density at radius 2 is 1.89 bits per heavy atom. The van der Waals surface area contributed by atoms with Crippen LogP contribution in [-0.2, 0) is 14.8 Å². The van der Waals surface area contributed by atoms with Gasteiger partial charge in [0.25, 0.3) is 0 Å². The van der Waals surface area contributed by atoms with E-state index in [2.05, 4.69) is 10.0 Å². The quantitative estimate of drug-likeness (QED) is 0.766. The molecule has 1 saturated heterocycles. The summed E-state index contributed by atoms with van der Waals surface area (Å²) in [6.07, 6.45) is 1.28. The Morgan fingerprint density at radius 3 is 2.48 bits per heavy atom. The molecule has 1 aliphatic rings. The number of carbonyl (C=O) groups is 1. The second kappa shape index (κ2) is 8.47. The summed E-state index contributed by atoms with van der Waals surface area (Å²) in [5.74, 6) is -0.521. The highest BCUT2D eigenvalue weighted by molar-refractivity contribution is 7.91. The van der Waals surface area contributed by atoms with Gasteiger partial charge in [0.05, 0.1) is 6.04 Å². The predicted octanol–water partition coefficient (Wildman–Crippen LogP) is 2.66. The van der Waals surface area contributed by atoms with E-state index >= 15 is 0 Å². The van der Waals surface area contributed by atoms with Crippen molar-refractivity contribution >= 4 is 33.0 Å². The van der Waals surface area contributed by atoms with Crippen LogP contribution in [0, 0.1) is 5.82 Å². The minimum absolute atomic E-state index is 0.138. The fourth-order valence-corrected chi connectivity index (χ4v) is 5.36. The molecule has 9 heteroatoms. The third-order valence-corrected chi connectivity index (χ3v) is 7.57. The number of nitrogens with zero attached hydrogens (tertiary/aromatic N) is 1. The van der Waals surface area contributed by atoms with E-state index in [9.17, 15) is 17.6 Å². The number of amides is 1. The van der Waals surface area contributed by atoms with Gasteiger partial charge in [0, 0.05) is 24.8 Å². The normalized spacial score (nSPS) is 17.6. The predicted molar refractivity (Wildman–Crippen MR) is 104 cm³/mol. The Balaban J connectivity index is 1.51. The maximum atomic E-state index is 12.9. The van der Waals surface area contributed by atoms with Gasteiger partial charge in [-0.1, -0.05) is 6.07 Å². The van der Waals surface area contributed by atoms with Crippen molar-refractivity contribution < 1.29 is 17.6 Å². The van der Waals surface area contributed by atoms with Crippen molar-refractivity contribution in [2.24, 2.45) is 0 Å². The number of anilines is 1. The molecule has 0 spiro atoms. The molecule has 1 aliphatic heterocycles. The summed E-state index contributed by atoms with van der Waals surface area (Å²) in [6.45, 7) is 3.06. The van der Waals surface area contributed by atoms with Gasteiger partial charge >= 0.3 is 0 Å². The number of piperidine rings is 1. The summed E-state index contributed by atoms with van der Waals surface area (Å²) in [5.41, 5.74) is 0.548. The number of rotatable bonds is 6. The number of nitrogens with one attached hydrogen (secondary N) is 2. The second-order valence-electron chi connectivity index (χ2n) is 6.54. The molecule has 0 bridgehead atoms. The lowest BCUT2D eigenvalue weighted by molar-refractivity contribution is -0.121. The van der Waals surface area contributed by atoms with Crippen LogP contribution in [0.3, 0.4) is 0 Å². The monoisotopic (exact) mass is 411 g/mol. The minimum atomic E-state index is -3.47. The van der Waals surface area contributed by atoms with E-state index in [4.69, 9.17) is 0 Å². The fraction of sp³-hybridized carbons (Fsp3) is 0.389. The highest BCUT2D eigenvalue weighted by Crippen LogP contribution is 2.20. The van der Waals surface area contributed by atoms with Crippen molar-refractivity contribution in [1.82, 2.24) is 9.62 Å². The Kier molecular flexibility index (Phi) is 6.25. The molecule has 0 aliphatic carbocycles. The Morgan fingerprint density at radius 1 is 1.22 bits per heavy atom. The molecular weight excluding hydrogens is 389 g/mol. The molecule has 146 valence electrons. The molecule has 1 atom stereocenters. The lowest BCUT2D eigenvalue weighted by atomic mass is 10.0. The topological polar surface area (TPSA) is 78.5 Å². The molecule has 1 aromatic carbocycles. The van der Waals surface area contributed by atoms with Crippen LogP contribution in [0.15, 0.2) is 46.0 Å². The molecule has 1 aromatic heterocycles. The van der Waals surface area contributed by atoms with E-state index in [-0.39, 0.29) is 23.8 Å². The van der Waals surface area contributed by atoms with Crippen molar-refractivity contribution in [3.05, 3.63) is 47.6 Å². The van der Waals surface area contributed by atoms with Crippen molar-refractivity contribution in [1.29, 1.82) is 0 Å². The molecule has 1 amide bonds. The van der Waals surface area contributed by atoms with Crippen molar-refractivity contribution in [2.45, 2.75) is 36.1 Å². The van der Waals surface area contributed by atoms with Crippen molar-refractivity contribution in [2.75, 3.05) is 18.4 Å². The van der Waals surface area contributed by atoms with E-state index in [0.717, 1.165) is 0 Å². The Bertz CT molecular complexity index is 862. The van der Waals surface area contributed by atoms with Gasteiger partial charge in [-0.15, -0.1) is 11.3 Å². The summed E-state index contributed by atoms with van der Waals surface area (Å²) in [6, 6.07) is 8.44. The average molecular weight is 412 g/mol. The van der Waals surface area contributed by atoms with E-state index in [1.807, 2.05) is 11.8 Å². The number of carbonyl (C=O) groups excluding carboxylic acids is 1. The third kappa shape index (κ3) is 5.13. The molecule has 6 nitrogen and oxygen atoms in total. The molecule has 1 unspecified atom stereocenters. The molecule has 2 heterocycles. The zero-order valence-electron chi connectivity index (χ0n) is 14.9. The maximum Gasteiger partial charge on any atom is 0.250 e. The maximum absolute atomic E-state index is 12.9. The summed E-state index contributed by atoms with van der Waals surface area (Å²) in [5, 5.41) is 4.51. The first-order valence-corrected chi connectivity index (χ1v) is 11.1. The number of thiophene rings is 1. The molecular formula is C18H22FN3O3S2. The molecule has 1 fully saturated rings. The van der Waals surface area contributed by atoms with Crippen LogP contribution >= 0.6 is 11.3 Å². The number of hydrogen-bond donors (Lipinski definition) is 2. The number of likely N-dealkylation sites (tertiary alicyclic amines) is 1. The van der Waals surface area contributed by atoms with Crippen molar-refractivity contribution in [3.63, 3.8) is 0 Å². The van der Waals surface area contributed by atoms with Crippen LogP contribution in [-0.4, -0.2) is 44.4 Å². The van der Waals surface area contributed by atoms with Crippen molar-refractivity contribution in [3.8, 4) is 0 Å². The van der Waals surface area contributed by atoms with Gasteiger partial charge in [0.2, 0.25) is 15.9 Å². The smallest absolute Gasteiger partial charge is 0.250 e. The van der Waals surface area contributed by atoms with Crippen LogP contribution in [0.1, 0.15) is 19.8 Å². The van der Waals surface area contributed by atoms with Gasteiger partial charge in [-0.3, -0.25) is 9.69 Å². The van der Waals surface area contributed by atoms with Crippen LogP contribution in [0.5, 0.6) is 0 Å². The number of halogens is 1. The van der Waals surface area contributed by atoms with Gasteiger partial charge in [-0.2, -0.15) is 0 Å². The first-order chi connectivity index (χ1) is 12.8. The average Bonchev–Trinajstić information content (AvgIpc) is 3.19. The van der Waals surface area contributed by atoms with Gasteiger partial charge in [0.15, 0.2) is 0 Å². The van der Waals surface area contributed by atoms with E-state index in [0.29, 0.717) is 35.8 Å². The molecule has 3 rings (SSSR count). The zero-order valence-corrected chi connectivity index (χ0v) is 16.5. The number of benzene rings is 1. The Hall–Kier alpha value is -1.81. The van der Waals surface area contributed by atoms with Crippen LogP contribution in [0.4, 0.5) is 10.1 Å². The largest absolute Gasteiger partial charge is 0.325 e. The highest BCUT2D eigenvalue weighted by atomic mass is 32.2.